The van der Waals surface area contributed by atoms with E-state index in [9.17, 15) is 19.5 Å². The number of carboxylic acids is 1. The van der Waals surface area contributed by atoms with Gasteiger partial charge in [-0.05, 0) is 47.7 Å². The Morgan fingerprint density at radius 1 is 0.933 bits per heavy atom. The Morgan fingerprint density at radius 2 is 1.42 bits per heavy atom. The zero-order valence-corrected chi connectivity index (χ0v) is 27.7. The molecule has 2 N–H and O–H groups in total. The normalized spacial score (nSPS) is 21.3. The van der Waals surface area contributed by atoms with Gasteiger partial charge >= 0.3 is 5.97 Å². The van der Waals surface area contributed by atoms with Crippen molar-refractivity contribution in [2.24, 2.45) is 0 Å². The van der Waals surface area contributed by atoms with Gasteiger partial charge in [0.1, 0.15) is 12.1 Å². The largest absolute Gasteiger partial charge is 0.479 e. The van der Waals surface area contributed by atoms with Crippen LogP contribution in [0.5, 0.6) is 0 Å². The minimum Gasteiger partial charge on any atom is -0.479 e. The highest BCUT2D eigenvalue weighted by molar-refractivity contribution is 6.74. The number of carbonyl (C=O) groups is 3. The highest BCUT2D eigenvalue weighted by Crippen LogP contribution is 2.41. The SMILES string of the molecule is CC(C)(C)[Si](C)(C)OCC1C(NC(c2ccccc2)(c2ccccc2)c2ccccc2)C(=O)N1C(C(=O)O)C(=O)C1CCCO1. The van der Waals surface area contributed by atoms with Crippen LogP contribution in [0.2, 0.25) is 18.1 Å². The van der Waals surface area contributed by atoms with Crippen molar-refractivity contribution in [2.45, 2.75) is 81.5 Å². The molecule has 5 rings (SSSR count). The predicted octanol–water partition coefficient (Wildman–Crippen LogP) is 5.37. The molecule has 4 atom stereocenters. The minimum absolute atomic E-state index is 0.0942. The molecule has 2 aliphatic rings. The molecule has 45 heavy (non-hydrogen) atoms. The first-order valence-electron chi connectivity index (χ1n) is 15.7. The number of ether oxygens (including phenoxy) is 1. The van der Waals surface area contributed by atoms with Crippen LogP contribution in [-0.4, -0.2) is 73.4 Å². The van der Waals surface area contributed by atoms with E-state index in [1.807, 2.05) is 91.0 Å². The summed E-state index contributed by atoms with van der Waals surface area (Å²) in [6, 6.07) is 26.6. The van der Waals surface area contributed by atoms with Crippen molar-refractivity contribution < 1.29 is 28.7 Å². The van der Waals surface area contributed by atoms with Crippen LogP contribution in [0.4, 0.5) is 0 Å². The molecule has 238 valence electrons. The molecule has 8 nitrogen and oxygen atoms in total. The van der Waals surface area contributed by atoms with E-state index in [2.05, 4.69) is 39.2 Å². The standard InChI is InChI=1S/C36H44N2O6Si/c1-35(2,3)45(4,5)44-24-28-30(33(40)38(28)31(34(41)42)32(39)29-22-15-23-43-29)37-36(25-16-9-6-10-17-25,26-18-11-7-12-19-26)27-20-13-8-14-21-27/h6-14,16-21,28-31,37H,15,22-24H2,1-5H3,(H,41,42). The molecule has 4 unspecified atom stereocenters. The van der Waals surface area contributed by atoms with Gasteiger partial charge in [0.25, 0.3) is 0 Å². The molecule has 0 radical (unpaired) electrons. The number of β-lactam (4-membered cyclic amide) rings is 1. The van der Waals surface area contributed by atoms with Crippen LogP contribution in [-0.2, 0) is 29.1 Å². The first-order chi connectivity index (χ1) is 21.4. The summed E-state index contributed by atoms with van der Waals surface area (Å²) < 4.78 is 12.2. The summed E-state index contributed by atoms with van der Waals surface area (Å²) in [5, 5.41) is 14.0. The van der Waals surface area contributed by atoms with Gasteiger partial charge in [-0.25, -0.2) is 4.79 Å². The zero-order chi connectivity index (χ0) is 32.4. The predicted molar refractivity (Wildman–Crippen MR) is 175 cm³/mol. The van der Waals surface area contributed by atoms with Crippen molar-refractivity contribution in [1.82, 2.24) is 10.2 Å². The number of nitrogens with one attached hydrogen (secondary N) is 1. The molecular formula is C36H44N2O6Si. The minimum atomic E-state index is -2.32. The van der Waals surface area contributed by atoms with Gasteiger partial charge in [0, 0.05) is 6.61 Å². The summed E-state index contributed by atoms with van der Waals surface area (Å²) in [4.78, 5) is 41.8. The second kappa shape index (κ2) is 13.0. The highest BCUT2D eigenvalue weighted by Gasteiger charge is 2.58. The lowest BCUT2D eigenvalue weighted by Gasteiger charge is -2.53. The molecule has 2 fully saturated rings. The van der Waals surface area contributed by atoms with Crippen molar-refractivity contribution in [3.63, 3.8) is 0 Å². The third-order valence-corrected chi connectivity index (χ3v) is 14.2. The number of Topliss-reactive ketones (excluding diaryl/α,β-unsaturated/α-hetero) is 1. The average molecular weight is 629 g/mol. The molecule has 0 aromatic heterocycles. The third-order valence-electron chi connectivity index (χ3n) is 9.70. The average Bonchev–Trinajstić information content (AvgIpc) is 3.57. The Labute approximate surface area is 266 Å². The summed E-state index contributed by atoms with van der Waals surface area (Å²) in [6.45, 7) is 11.1. The van der Waals surface area contributed by atoms with Gasteiger partial charge in [0.15, 0.2) is 20.1 Å². The van der Waals surface area contributed by atoms with Crippen molar-refractivity contribution in [3.05, 3.63) is 108 Å². The lowest BCUT2D eigenvalue weighted by molar-refractivity contribution is -0.173. The van der Waals surface area contributed by atoms with Gasteiger partial charge in [0.2, 0.25) is 5.91 Å². The number of rotatable bonds is 12. The third kappa shape index (κ3) is 6.27. The summed E-state index contributed by atoms with van der Waals surface area (Å²) in [7, 11) is -2.32. The number of hydrogen-bond acceptors (Lipinski definition) is 6. The molecule has 2 aliphatic heterocycles. The van der Waals surface area contributed by atoms with E-state index in [4.69, 9.17) is 9.16 Å². The van der Waals surface area contributed by atoms with Crippen molar-refractivity contribution >= 4 is 26.0 Å². The lowest BCUT2D eigenvalue weighted by Crippen LogP contribution is -2.78. The molecule has 2 heterocycles. The molecule has 3 aromatic rings. The second-order valence-electron chi connectivity index (χ2n) is 13.5. The Hall–Kier alpha value is -3.63. The van der Waals surface area contributed by atoms with E-state index in [-0.39, 0.29) is 11.6 Å². The van der Waals surface area contributed by atoms with Gasteiger partial charge in [-0.3, -0.25) is 14.9 Å². The number of ketones is 1. The zero-order valence-electron chi connectivity index (χ0n) is 26.7. The molecule has 0 aliphatic carbocycles. The smallest absolute Gasteiger partial charge is 0.334 e. The van der Waals surface area contributed by atoms with Gasteiger partial charge in [-0.15, -0.1) is 0 Å². The van der Waals surface area contributed by atoms with Crippen LogP contribution in [0.3, 0.4) is 0 Å². The van der Waals surface area contributed by atoms with E-state index < -0.39 is 55.7 Å². The van der Waals surface area contributed by atoms with Crippen LogP contribution < -0.4 is 5.32 Å². The summed E-state index contributed by atoms with van der Waals surface area (Å²) >= 11 is 0. The Balaban J connectivity index is 1.61. The van der Waals surface area contributed by atoms with E-state index in [0.29, 0.717) is 19.4 Å². The molecule has 0 spiro atoms. The Kier molecular flexibility index (Phi) is 9.46. The van der Waals surface area contributed by atoms with Crippen LogP contribution in [0, 0.1) is 0 Å². The fraction of sp³-hybridized carbons (Fsp3) is 0.417. The number of aliphatic carboxylic acids is 1. The van der Waals surface area contributed by atoms with E-state index in [0.717, 1.165) is 16.7 Å². The molecular weight excluding hydrogens is 584 g/mol. The van der Waals surface area contributed by atoms with Crippen LogP contribution >= 0.6 is 0 Å². The van der Waals surface area contributed by atoms with Gasteiger partial charge < -0.3 is 19.2 Å². The Morgan fingerprint density at radius 3 is 1.82 bits per heavy atom. The van der Waals surface area contributed by atoms with Gasteiger partial charge in [-0.1, -0.05) is 112 Å². The second-order valence-corrected chi connectivity index (χ2v) is 18.3. The number of nitrogens with zero attached hydrogens (tertiary/aromatic N) is 1. The molecule has 0 bridgehead atoms. The van der Waals surface area contributed by atoms with Crippen molar-refractivity contribution in [1.29, 1.82) is 0 Å². The molecule has 3 aromatic carbocycles. The lowest BCUT2D eigenvalue weighted by atomic mass is 9.75. The van der Waals surface area contributed by atoms with Crippen molar-refractivity contribution in [3.8, 4) is 0 Å². The van der Waals surface area contributed by atoms with Crippen LogP contribution in [0.1, 0.15) is 50.3 Å². The number of likely N-dealkylation sites (tertiary alicyclic amines) is 1. The molecule has 1 amide bonds. The van der Waals surface area contributed by atoms with E-state index in [1.54, 1.807) is 0 Å². The maximum absolute atomic E-state index is 14.3. The van der Waals surface area contributed by atoms with E-state index in [1.165, 1.54) is 4.90 Å². The molecule has 0 saturated carbocycles. The first kappa shape index (κ1) is 32.8. The van der Waals surface area contributed by atoms with Gasteiger partial charge in [0.05, 0.1) is 18.2 Å². The topological polar surface area (TPSA) is 105 Å². The maximum atomic E-state index is 14.3. The fourth-order valence-electron chi connectivity index (χ4n) is 6.13. The number of benzene rings is 3. The van der Waals surface area contributed by atoms with Crippen LogP contribution in [0.25, 0.3) is 0 Å². The highest BCUT2D eigenvalue weighted by atomic mass is 28.4. The maximum Gasteiger partial charge on any atom is 0.334 e. The summed E-state index contributed by atoms with van der Waals surface area (Å²) in [6.07, 6.45) is 0.272. The quantitative estimate of drug-likeness (QED) is 0.120. The number of carboxylic acid groups (broad SMARTS) is 1. The number of hydrogen-bond donors (Lipinski definition) is 2. The Bertz CT molecular complexity index is 1390. The number of carbonyl (C=O) groups excluding carboxylic acids is 2. The van der Waals surface area contributed by atoms with Crippen LogP contribution in [0.15, 0.2) is 91.0 Å². The number of amides is 1. The van der Waals surface area contributed by atoms with Crippen molar-refractivity contribution in [2.75, 3.05) is 13.2 Å². The molecule has 9 heteroatoms. The summed E-state index contributed by atoms with van der Waals surface area (Å²) in [5.74, 6) is -2.41. The fourth-order valence-corrected chi connectivity index (χ4v) is 7.15. The van der Waals surface area contributed by atoms with Gasteiger partial charge in [-0.2, -0.15) is 0 Å². The first-order valence-corrected chi connectivity index (χ1v) is 18.6. The van der Waals surface area contributed by atoms with E-state index >= 15 is 0 Å². The molecule has 2 saturated heterocycles. The summed E-state index contributed by atoms with van der Waals surface area (Å²) in [5.41, 5.74) is 1.79. The monoisotopic (exact) mass is 628 g/mol.